The summed E-state index contributed by atoms with van der Waals surface area (Å²) in [5.41, 5.74) is 5.37. The summed E-state index contributed by atoms with van der Waals surface area (Å²) in [5, 5.41) is 2.89. The van der Waals surface area contributed by atoms with E-state index in [-0.39, 0.29) is 11.8 Å². The smallest absolute Gasteiger partial charge is 0.228 e. The number of hydrogen-bond acceptors (Lipinski definition) is 3. The van der Waals surface area contributed by atoms with Crippen molar-refractivity contribution < 1.29 is 4.79 Å². The highest BCUT2D eigenvalue weighted by molar-refractivity contribution is 7.16. The van der Waals surface area contributed by atoms with Gasteiger partial charge in [0.15, 0.2) is 0 Å². The Labute approximate surface area is 105 Å². The van der Waals surface area contributed by atoms with Crippen LogP contribution in [0.1, 0.15) is 30.6 Å². The molecule has 0 radical (unpaired) electrons. The molecule has 1 heterocycles. The number of halogens is 1. The van der Waals surface area contributed by atoms with Gasteiger partial charge in [0.1, 0.15) is 0 Å². The zero-order valence-electron chi connectivity index (χ0n) is 9.33. The van der Waals surface area contributed by atoms with Gasteiger partial charge in [-0.1, -0.05) is 11.6 Å². The van der Waals surface area contributed by atoms with E-state index in [0.717, 1.165) is 22.1 Å². The van der Waals surface area contributed by atoms with Crippen molar-refractivity contribution in [3.8, 4) is 0 Å². The third kappa shape index (κ3) is 4.12. The summed E-state index contributed by atoms with van der Waals surface area (Å²) in [4.78, 5) is 12.7. The first-order valence-corrected chi connectivity index (χ1v) is 6.57. The van der Waals surface area contributed by atoms with Gasteiger partial charge in [0, 0.05) is 11.4 Å². The van der Waals surface area contributed by atoms with Crippen molar-refractivity contribution in [3.05, 3.63) is 21.3 Å². The minimum Gasteiger partial charge on any atom is -0.356 e. The lowest BCUT2D eigenvalue weighted by Crippen LogP contribution is -2.28. The van der Waals surface area contributed by atoms with Crippen LogP contribution in [0.5, 0.6) is 0 Å². The molecule has 3 nitrogen and oxygen atoms in total. The van der Waals surface area contributed by atoms with E-state index in [2.05, 4.69) is 5.32 Å². The fraction of sp³-hybridized carbons (Fsp3) is 0.545. The van der Waals surface area contributed by atoms with E-state index in [1.54, 1.807) is 0 Å². The molecule has 1 aromatic heterocycles. The second-order valence-electron chi connectivity index (χ2n) is 3.65. The van der Waals surface area contributed by atoms with Crippen molar-refractivity contribution in [1.82, 2.24) is 5.32 Å². The molecule has 90 valence electrons. The van der Waals surface area contributed by atoms with Crippen LogP contribution in [0.25, 0.3) is 0 Å². The highest BCUT2D eigenvalue weighted by atomic mass is 35.5. The summed E-state index contributed by atoms with van der Waals surface area (Å²) < 4.78 is 0.720. The molecule has 1 atom stereocenters. The minimum absolute atomic E-state index is 0.0514. The molecule has 0 aliphatic carbocycles. The van der Waals surface area contributed by atoms with Gasteiger partial charge in [0.25, 0.3) is 0 Å². The zero-order chi connectivity index (χ0) is 12.0. The maximum Gasteiger partial charge on any atom is 0.228 e. The molecule has 0 saturated carbocycles. The van der Waals surface area contributed by atoms with Crippen molar-refractivity contribution in [2.24, 2.45) is 5.73 Å². The highest BCUT2D eigenvalue weighted by Gasteiger charge is 2.16. The molecular weight excluding hydrogens is 244 g/mol. The maximum absolute atomic E-state index is 11.7. The second-order valence-corrected chi connectivity index (χ2v) is 5.40. The second kappa shape index (κ2) is 6.89. The van der Waals surface area contributed by atoms with Gasteiger partial charge in [0.05, 0.1) is 10.3 Å². The number of amides is 1. The molecule has 0 saturated heterocycles. The standard InChI is InChI=1S/C11H17ClN2OS/c1-8(9-4-5-10(12)16-9)11(15)14-7-3-2-6-13/h4-5,8H,2-3,6-7,13H2,1H3,(H,14,15). The molecule has 1 amide bonds. The lowest BCUT2D eigenvalue weighted by molar-refractivity contribution is -0.122. The first kappa shape index (κ1) is 13.5. The average Bonchev–Trinajstić information content (AvgIpc) is 2.70. The number of rotatable bonds is 6. The molecule has 1 unspecified atom stereocenters. The van der Waals surface area contributed by atoms with Crippen molar-refractivity contribution in [1.29, 1.82) is 0 Å². The van der Waals surface area contributed by atoms with Crippen LogP contribution in [0.3, 0.4) is 0 Å². The van der Waals surface area contributed by atoms with Crippen LogP contribution in [-0.4, -0.2) is 19.0 Å². The lowest BCUT2D eigenvalue weighted by Gasteiger charge is -2.10. The van der Waals surface area contributed by atoms with E-state index in [0.29, 0.717) is 13.1 Å². The van der Waals surface area contributed by atoms with Crippen LogP contribution in [0, 0.1) is 0 Å². The van der Waals surface area contributed by atoms with E-state index in [4.69, 9.17) is 17.3 Å². The Kier molecular flexibility index (Phi) is 5.80. The minimum atomic E-state index is -0.129. The fourth-order valence-corrected chi connectivity index (χ4v) is 2.44. The van der Waals surface area contributed by atoms with Gasteiger partial charge in [-0.05, 0) is 38.4 Å². The molecule has 3 N–H and O–H groups in total. The number of thiophene rings is 1. The summed E-state index contributed by atoms with van der Waals surface area (Å²) in [5.74, 6) is -0.0779. The third-order valence-electron chi connectivity index (χ3n) is 2.34. The molecule has 0 aromatic carbocycles. The number of unbranched alkanes of at least 4 members (excludes halogenated alkanes) is 1. The molecule has 16 heavy (non-hydrogen) atoms. The van der Waals surface area contributed by atoms with Gasteiger partial charge < -0.3 is 11.1 Å². The molecule has 1 rings (SSSR count). The predicted octanol–water partition coefficient (Wildman–Crippen LogP) is 2.36. The first-order chi connectivity index (χ1) is 7.65. The van der Waals surface area contributed by atoms with Gasteiger partial charge in [-0.25, -0.2) is 0 Å². The molecule has 0 aliphatic heterocycles. The van der Waals surface area contributed by atoms with Crippen LogP contribution >= 0.6 is 22.9 Å². The number of carbonyl (C=O) groups excluding carboxylic acids is 1. The maximum atomic E-state index is 11.7. The Morgan fingerprint density at radius 2 is 2.31 bits per heavy atom. The number of nitrogens with one attached hydrogen (secondary N) is 1. The number of hydrogen-bond donors (Lipinski definition) is 2. The van der Waals surface area contributed by atoms with Crippen LogP contribution in [0.15, 0.2) is 12.1 Å². The number of nitrogens with two attached hydrogens (primary N) is 1. The number of carbonyl (C=O) groups is 1. The average molecular weight is 261 g/mol. The van der Waals surface area contributed by atoms with E-state index in [1.165, 1.54) is 11.3 Å². The summed E-state index contributed by atoms with van der Waals surface area (Å²) >= 11 is 7.28. The monoisotopic (exact) mass is 260 g/mol. The van der Waals surface area contributed by atoms with Crippen LogP contribution in [-0.2, 0) is 4.79 Å². The zero-order valence-corrected chi connectivity index (χ0v) is 10.9. The SMILES string of the molecule is CC(C(=O)NCCCCN)c1ccc(Cl)s1. The Balaban J connectivity index is 2.36. The van der Waals surface area contributed by atoms with Crippen LogP contribution < -0.4 is 11.1 Å². The van der Waals surface area contributed by atoms with Crippen LogP contribution in [0.4, 0.5) is 0 Å². The molecule has 0 aliphatic rings. The summed E-state index contributed by atoms with van der Waals surface area (Å²) in [6.07, 6.45) is 1.87. The quantitative estimate of drug-likeness (QED) is 0.772. The Morgan fingerprint density at radius 1 is 1.56 bits per heavy atom. The summed E-state index contributed by atoms with van der Waals surface area (Å²) in [6, 6.07) is 3.72. The Hall–Kier alpha value is -0.580. The molecule has 0 fully saturated rings. The topological polar surface area (TPSA) is 55.1 Å². The van der Waals surface area contributed by atoms with Crippen molar-refractivity contribution in [2.45, 2.75) is 25.7 Å². The first-order valence-electron chi connectivity index (χ1n) is 5.38. The predicted molar refractivity (Wildman–Crippen MR) is 69.0 cm³/mol. The third-order valence-corrected chi connectivity index (χ3v) is 3.76. The summed E-state index contributed by atoms with van der Waals surface area (Å²) in [6.45, 7) is 3.26. The van der Waals surface area contributed by atoms with E-state index >= 15 is 0 Å². The van der Waals surface area contributed by atoms with Gasteiger partial charge in [-0.15, -0.1) is 11.3 Å². The largest absolute Gasteiger partial charge is 0.356 e. The van der Waals surface area contributed by atoms with Gasteiger partial charge in [0.2, 0.25) is 5.91 Å². The molecule has 0 bridgehead atoms. The van der Waals surface area contributed by atoms with Crippen molar-refractivity contribution >= 4 is 28.8 Å². The normalized spacial score (nSPS) is 12.4. The van der Waals surface area contributed by atoms with E-state index < -0.39 is 0 Å². The van der Waals surface area contributed by atoms with Gasteiger partial charge in [-0.2, -0.15) is 0 Å². The molecule has 1 aromatic rings. The van der Waals surface area contributed by atoms with E-state index in [1.807, 2.05) is 19.1 Å². The van der Waals surface area contributed by atoms with Gasteiger partial charge >= 0.3 is 0 Å². The highest BCUT2D eigenvalue weighted by Crippen LogP contribution is 2.27. The van der Waals surface area contributed by atoms with Gasteiger partial charge in [-0.3, -0.25) is 4.79 Å². The van der Waals surface area contributed by atoms with Crippen molar-refractivity contribution in [3.63, 3.8) is 0 Å². The molecular formula is C11H17ClN2OS. The van der Waals surface area contributed by atoms with Crippen LogP contribution in [0.2, 0.25) is 4.34 Å². The van der Waals surface area contributed by atoms with E-state index in [9.17, 15) is 4.79 Å². The summed E-state index contributed by atoms with van der Waals surface area (Å²) in [7, 11) is 0. The van der Waals surface area contributed by atoms with Crippen molar-refractivity contribution in [2.75, 3.05) is 13.1 Å². The molecule has 0 spiro atoms. The Bertz CT molecular complexity index is 340. The fourth-order valence-electron chi connectivity index (χ4n) is 1.32. The Morgan fingerprint density at radius 3 is 2.88 bits per heavy atom. The molecule has 5 heteroatoms. The lowest BCUT2D eigenvalue weighted by atomic mass is 10.1.